The number of hydrogen-bond acceptors (Lipinski definition) is 3. The van der Waals surface area contributed by atoms with Crippen LogP contribution >= 0.6 is 24.0 Å². The molecule has 11 heavy (non-hydrogen) atoms. The first-order valence-corrected chi connectivity index (χ1v) is 5.14. The maximum atomic E-state index is 5.14. The summed E-state index contributed by atoms with van der Waals surface area (Å²) in [5, 5.41) is 0. The number of hydrogen-bond donors (Lipinski definition) is 0. The number of rotatable bonds is 4. The highest BCUT2D eigenvalue weighted by Gasteiger charge is 2.15. The molecule has 0 aromatic carbocycles. The lowest BCUT2D eigenvalue weighted by Gasteiger charge is -2.15. The van der Waals surface area contributed by atoms with Crippen LogP contribution in [0.25, 0.3) is 0 Å². The van der Waals surface area contributed by atoms with E-state index < -0.39 is 0 Å². The molecule has 0 aromatic rings. The molecule has 0 saturated carbocycles. The van der Waals surface area contributed by atoms with Crippen molar-refractivity contribution in [3.8, 4) is 0 Å². The van der Waals surface area contributed by atoms with Crippen molar-refractivity contribution < 1.29 is 4.74 Å². The molecule has 4 heteroatoms. The molecular weight excluding hydrogens is 178 g/mol. The zero-order valence-corrected chi connectivity index (χ0v) is 8.34. The summed E-state index contributed by atoms with van der Waals surface area (Å²) in [5.74, 6) is 1.16. The molecule has 0 aromatic heterocycles. The van der Waals surface area contributed by atoms with Crippen LogP contribution < -0.4 is 0 Å². The molecule has 1 fully saturated rings. The molecule has 1 rings (SSSR count). The molecule has 0 unspecified atom stereocenters. The summed E-state index contributed by atoms with van der Waals surface area (Å²) in [5.41, 5.74) is 0. The van der Waals surface area contributed by atoms with E-state index in [1.54, 1.807) is 18.9 Å². The van der Waals surface area contributed by atoms with Gasteiger partial charge in [0.2, 0.25) is 0 Å². The van der Waals surface area contributed by atoms with Crippen LogP contribution in [0.5, 0.6) is 0 Å². The lowest BCUT2D eigenvalue weighted by Crippen LogP contribution is -2.24. The predicted octanol–water partition coefficient (Wildman–Crippen LogP) is 1.36. The highest BCUT2D eigenvalue weighted by atomic mass is 32.2. The van der Waals surface area contributed by atoms with E-state index in [1.165, 1.54) is 0 Å². The van der Waals surface area contributed by atoms with E-state index >= 15 is 0 Å². The summed E-state index contributed by atoms with van der Waals surface area (Å²) >= 11 is 6.92. The lowest BCUT2D eigenvalue weighted by atomic mass is 10.4. The summed E-state index contributed by atoms with van der Waals surface area (Å²) in [7, 11) is 1.73. The minimum absolute atomic E-state index is 0.837. The quantitative estimate of drug-likeness (QED) is 0.491. The highest BCUT2D eigenvalue weighted by molar-refractivity contribution is 8.23. The number of thiocarbonyl (C=S) groups is 1. The van der Waals surface area contributed by atoms with Gasteiger partial charge in [0.05, 0.1) is 0 Å². The standard InChI is InChI=1S/C7H13NOS2/c1-9-5-2-3-8-4-6-11-7(8)10/h2-6H2,1H3. The fourth-order valence-corrected chi connectivity index (χ4v) is 2.31. The summed E-state index contributed by atoms with van der Waals surface area (Å²) < 4.78 is 6.02. The zero-order valence-electron chi connectivity index (χ0n) is 6.71. The van der Waals surface area contributed by atoms with Crippen molar-refractivity contribution >= 4 is 28.3 Å². The summed E-state index contributed by atoms with van der Waals surface area (Å²) in [4.78, 5) is 2.25. The predicted molar refractivity (Wildman–Crippen MR) is 53.1 cm³/mol. The van der Waals surface area contributed by atoms with Gasteiger partial charge >= 0.3 is 0 Å². The first-order valence-electron chi connectivity index (χ1n) is 3.75. The van der Waals surface area contributed by atoms with Crippen LogP contribution in [0.2, 0.25) is 0 Å². The molecule has 0 bridgehead atoms. The number of nitrogens with zero attached hydrogens (tertiary/aromatic N) is 1. The van der Waals surface area contributed by atoms with Crippen LogP contribution in [-0.4, -0.2) is 41.8 Å². The molecule has 0 atom stereocenters. The van der Waals surface area contributed by atoms with Gasteiger partial charge in [0.15, 0.2) is 0 Å². The Morgan fingerprint density at radius 2 is 2.55 bits per heavy atom. The van der Waals surface area contributed by atoms with Gasteiger partial charge in [0.25, 0.3) is 0 Å². The average Bonchev–Trinajstić information content (AvgIpc) is 2.37. The van der Waals surface area contributed by atoms with E-state index in [-0.39, 0.29) is 0 Å². The van der Waals surface area contributed by atoms with E-state index in [4.69, 9.17) is 17.0 Å². The van der Waals surface area contributed by atoms with Crippen molar-refractivity contribution in [1.29, 1.82) is 0 Å². The normalized spacial score (nSPS) is 17.9. The molecular formula is C7H13NOS2. The number of methoxy groups -OCH3 is 1. The lowest BCUT2D eigenvalue weighted by molar-refractivity contribution is 0.188. The van der Waals surface area contributed by atoms with E-state index in [9.17, 15) is 0 Å². The van der Waals surface area contributed by atoms with Gasteiger partial charge in [-0.15, -0.1) is 0 Å². The van der Waals surface area contributed by atoms with Gasteiger partial charge in [-0.25, -0.2) is 0 Å². The topological polar surface area (TPSA) is 12.5 Å². The summed E-state index contributed by atoms with van der Waals surface area (Å²) in [6.07, 6.45) is 1.08. The Labute approximate surface area is 77.3 Å². The van der Waals surface area contributed by atoms with Crippen LogP contribution in [0.1, 0.15) is 6.42 Å². The third-order valence-electron chi connectivity index (χ3n) is 1.62. The van der Waals surface area contributed by atoms with Gasteiger partial charge in [0.1, 0.15) is 4.32 Å². The fraction of sp³-hybridized carbons (Fsp3) is 0.857. The minimum Gasteiger partial charge on any atom is -0.385 e. The van der Waals surface area contributed by atoms with Crippen LogP contribution in [0.3, 0.4) is 0 Å². The van der Waals surface area contributed by atoms with Crippen molar-refractivity contribution in [3.63, 3.8) is 0 Å². The second-order valence-electron chi connectivity index (χ2n) is 2.45. The van der Waals surface area contributed by atoms with Crippen molar-refractivity contribution in [2.24, 2.45) is 0 Å². The fourth-order valence-electron chi connectivity index (χ4n) is 1.03. The van der Waals surface area contributed by atoms with Gasteiger partial charge in [0, 0.05) is 32.6 Å². The van der Waals surface area contributed by atoms with E-state index in [0.717, 1.165) is 36.2 Å². The smallest absolute Gasteiger partial charge is 0.136 e. The number of ether oxygens (including phenoxy) is 1. The van der Waals surface area contributed by atoms with Crippen molar-refractivity contribution in [1.82, 2.24) is 4.90 Å². The molecule has 0 N–H and O–H groups in total. The summed E-state index contributed by atoms with van der Waals surface area (Å²) in [6.45, 7) is 3.01. The molecule has 1 aliphatic heterocycles. The second kappa shape index (κ2) is 4.95. The average molecular weight is 191 g/mol. The number of thioether (sulfide) groups is 1. The van der Waals surface area contributed by atoms with E-state index in [1.807, 2.05) is 0 Å². The molecule has 0 spiro atoms. The van der Waals surface area contributed by atoms with Crippen molar-refractivity contribution in [2.75, 3.05) is 32.6 Å². The highest BCUT2D eigenvalue weighted by Crippen LogP contribution is 2.17. The zero-order chi connectivity index (χ0) is 8.10. The molecule has 0 amide bonds. The molecule has 0 aliphatic carbocycles. The summed E-state index contributed by atoms with van der Waals surface area (Å²) in [6, 6.07) is 0. The third kappa shape index (κ3) is 2.97. The Kier molecular flexibility index (Phi) is 4.18. The third-order valence-corrected chi connectivity index (χ3v) is 3.13. The first kappa shape index (κ1) is 9.29. The van der Waals surface area contributed by atoms with Gasteiger partial charge in [-0.3, -0.25) is 0 Å². The van der Waals surface area contributed by atoms with Crippen molar-refractivity contribution in [2.45, 2.75) is 6.42 Å². The SMILES string of the molecule is COCCCN1CCSC1=S. The second-order valence-corrected chi connectivity index (χ2v) is 4.18. The van der Waals surface area contributed by atoms with E-state index in [0.29, 0.717) is 0 Å². The van der Waals surface area contributed by atoms with Crippen LogP contribution in [0.15, 0.2) is 0 Å². The largest absolute Gasteiger partial charge is 0.385 e. The Morgan fingerprint density at radius 3 is 3.09 bits per heavy atom. The van der Waals surface area contributed by atoms with Crippen LogP contribution in [0, 0.1) is 0 Å². The van der Waals surface area contributed by atoms with Gasteiger partial charge in [-0.1, -0.05) is 24.0 Å². The Hall–Kier alpha value is 0.200. The molecule has 1 aliphatic rings. The van der Waals surface area contributed by atoms with E-state index in [2.05, 4.69) is 4.90 Å². The van der Waals surface area contributed by atoms with Gasteiger partial charge < -0.3 is 9.64 Å². The monoisotopic (exact) mass is 191 g/mol. The van der Waals surface area contributed by atoms with Crippen molar-refractivity contribution in [3.05, 3.63) is 0 Å². The molecule has 1 heterocycles. The molecule has 1 saturated heterocycles. The Bertz CT molecular complexity index is 140. The Morgan fingerprint density at radius 1 is 1.73 bits per heavy atom. The maximum Gasteiger partial charge on any atom is 0.136 e. The minimum atomic E-state index is 0.837. The Balaban J connectivity index is 2.10. The van der Waals surface area contributed by atoms with Gasteiger partial charge in [-0.05, 0) is 6.42 Å². The molecule has 0 radical (unpaired) electrons. The van der Waals surface area contributed by atoms with Crippen LogP contribution in [-0.2, 0) is 4.74 Å². The van der Waals surface area contributed by atoms with Crippen LogP contribution in [0.4, 0.5) is 0 Å². The molecule has 64 valence electrons. The first-order chi connectivity index (χ1) is 5.34. The molecule has 2 nitrogen and oxygen atoms in total. The van der Waals surface area contributed by atoms with Gasteiger partial charge in [-0.2, -0.15) is 0 Å². The maximum absolute atomic E-state index is 5.14.